The van der Waals surface area contributed by atoms with E-state index in [1.165, 1.54) is 11.8 Å². The first-order valence-electron chi connectivity index (χ1n) is 11.5. The van der Waals surface area contributed by atoms with Gasteiger partial charge in [-0.15, -0.1) is 0 Å². The van der Waals surface area contributed by atoms with E-state index < -0.39 is 0 Å². The summed E-state index contributed by atoms with van der Waals surface area (Å²) in [6.07, 6.45) is 0.445. The third-order valence-electron chi connectivity index (χ3n) is 5.52. The standard InChI is InChI=1S/C23H31N9OS/c1-5-20(33)24-16-6-8-17(9-7-16)34-23-27-21(25-19-14-18(15(2)3)29-30-19)26-22(28-23)32-12-10-31(4)11-13-32/h6-9,14-15H,5,10-13H2,1-4H3,(H,24,33)(H2,25,26,27,28,29,30). The summed E-state index contributed by atoms with van der Waals surface area (Å²) in [4.78, 5) is 31.2. The minimum atomic E-state index is -0.00982. The van der Waals surface area contributed by atoms with Gasteiger partial charge >= 0.3 is 0 Å². The van der Waals surface area contributed by atoms with Crippen molar-refractivity contribution in [1.82, 2.24) is 30.0 Å². The second-order valence-electron chi connectivity index (χ2n) is 8.55. The lowest BCUT2D eigenvalue weighted by Gasteiger charge is -2.32. The van der Waals surface area contributed by atoms with Crippen LogP contribution in [0, 0.1) is 0 Å². The van der Waals surface area contributed by atoms with Crippen LogP contribution in [0.4, 0.5) is 23.4 Å². The number of rotatable bonds is 8. The fourth-order valence-electron chi connectivity index (χ4n) is 3.37. The Morgan fingerprint density at radius 1 is 1.12 bits per heavy atom. The van der Waals surface area contributed by atoms with Gasteiger partial charge in [0.25, 0.3) is 0 Å². The molecule has 0 spiro atoms. The van der Waals surface area contributed by atoms with Crippen LogP contribution in [0.3, 0.4) is 0 Å². The fraction of sp³-hybridized carbons (Fsp3) is 0.435. The highest BCUT2D eigenvalue weighted by atomic mass is 32.2. The molecule has 0 unspecified atom stereocenters. The maximum absolute atomic E-state index is 11.6. The van der Waals surface area contributed by atoms with E-state index in [9.17, 15) is 4.79 Å². The smallest absolute Gasteiger partial charge is 0.234 e. The van der Waals surface area contributed by atoms with Crippen molar-refractivity contribution in [2.24, 2.45) is 0 Å². The zero-order valence-electron chi connectivity index (χ0n) is 20.0. The van der Waals surface area contributed by atoms with E-state index in [2.05, 4.69) is 61.5 Å². The van der Waals surface area contributed by atoms with Crippen LogP contribution in [0.25, 0.3) is 0 Å². The Balaban J connectivity index is 1.56. The van der Waals surface area contributed by atoms with E-state index in [-0.39, 0.29) is 5.91 Å². The summed E-state index contributed by atoms with van der Waals surface area (Å²) in [5, 5.41) is 14.1. The number of piperazine rings is 1. The molecule has 1 saturated heterocycles. The molecule has 1 aliphatic heterocycles. The van der Waals surface area contributed by atoms with Crippen molar-refractivity contribution in [2.75, 3.05) is 48.8 Å². The van der Waals surface area contributed by atoms with Gasteiger partial charge in [0.15, 0.2) is 11.0 Å². The topological polar surface area (TPSA) is 115 Å². The highest BCUT2D eigenvalue weighted by Gasteiger charge is 2.19. The van der Waals surface area contributed by atoms with Gasteiger partial charge in [0.2, 0.25) is 17.8 Å². The summed E-state index contributed by atoms with van der Waals surface area (Å²) >= 11 is 1.45. The van der Waals surface area contributed by atoms with Crippen LogP contribution in [-0.4, -0.2) is 69.2 Å². The summed E-state index contributed by atoms with van der Waals surface area (Å²) in [5.41, 5.74) is 1.81. The number of benzene rings is 1. The Morgan fingerprint density at radius 3 is 2.50 bits per heavy atom. The lowest BCUT2D eigenvalue weighted by Crippen LogP contribution is -2.45. The van der Waals surface area contributed by atoms with Gasteiger partial charge in [0.1, 0.15) is 0 Å². The van der Waals surface area contributed by atoms with Gasteiger partial charge in [0.05, 0.1) is 0 Å². The van der Waals surface area contributed by atoms with Crippen LogP contribution in [0.15, 0.2) is 40.4 Å². The zero-order valence-corrected chi connectivity index (χ0v) is 20.8. The van der Waals surface area contributed by atoms with E-state index >= 15 is 0 Å². The predicted octanol–water partition coefficient (Wildman–Crippen LogP) is 3.71. The lowest BCUT2D eigenvalue weighted by molar-refractivity contribution is -0.115. The molecular weight excluding hydrogens is 450 g/mol. The normalized spacial score (nSPS) is 14.4. The summed E-state index contributed by atoms with van der Waals surface area (Å²) in [7, 11) is 2.12. The molecular formula is C23H31N9OS. The summed E-state index contributed by atoms with van der Waals surface area (Å²) in [6.45, 7) is 9.68. The maximum Gasteiger partial charge on any atom is 0.234 e. The van der Waals surface area contributed by atoms with Gasteiger partial charge in [0, 0.05) is 54.9 Å². The number of nitrogens with zero attached hydrogens (tertiary/aromatic N) is 6. The SMILES string of the molecule is CCC(=O)Nc1ccc(Sc2nc(Nc3cc(C(C)C)[nH]n3)nc(N3CCN(C)CC3)n2)cc1. The molecule has 3 N–H and O–H groups in total. The molecule has 11 heteroatoms. The summed E-state index contributed by atoms with van der Waals surface area (Å²) in [5.74, 6) is 2.12. The second kappa shape index (κ2) is 10.8. The summed E-state index contributed by atoms with van der Waals surface area (Å²) < 4.78 is 0. The van der Waals surface area contributed by atoms with Crippen LogP contribution in [-0.2, 0) is 4.79 Å². The molecule has 34 heavy (non-hydrogen) atoms. The number of aromatic amines is 1. The van der Waals surface area contributed by atoms with Gasteiger partial charge in [-0.05, 0) is 49.0 Å². The van der Waals surface area contributed by atoms with Crippen LogP contribution in [0.1, 0.15) is 38.8 Å². The molecule has 1 fully saturated rings. The lowest BCUT2D eigenvalue weighted by atomic mass is 10.1. The van der Waals surface area contributed by atoms with Crippen molar-refractivity contribution in [1.29, 1.82) is 0 Å². The average Bonchev–Trinajstić information content (AvgIpc) is 3.29. The molecule has 1 amide bonds. The van der Waals surface area contributed by atoms with Crippen molar-refractivity contribution >= 4 is 41.1 Å². The Hall–Kier alpha value is -3.18. The van der Waals surface area contributed by atoms with E-state index in [1.807, 2.05) is 37.3 Å². The van der Waals surface area contributed by atoms with Crippen LogP contribution < -0.4 is 15.5 Å². The number of likely N-dealkylation sites (N-methyl/N-ethyl adjacent to an activating group) is 1. The molecule has 4 rings (SSSR count). The van der Waals surface area contributed by atoms with E-state index in [1.54, 1.807) is 0 Å². The molecule has 0 bridgehead atoms. The van der Waals surface area contributed by atoms with Crippen LogP contribution in [0.5, 0.6) is 0 Å². The number of anilines is 4. The third-order valence-corrected chi connectivity index (χ3v) is 6.39. The number of hydrogen-bond acceptors (Lipinski definition) is 9. The number of hydrogen-bond donors (Lipinski definition) is 3. The van der Waals surface area contributed by atoms with Crippen molar-refractivity contribution in [3.63, 3.8) is 0 Å². The molecule has 0 radical (unpaired) electrons. The molecule has 1 aliphatic rings. The molecule has 0 saturated carbocycles. The molecule has 180 valence electrons. The van der Waals surface area contributed by atoms with Crippen molar-refractivity contribution in [3.05, 3.63) is 36.0 Å². The van der Waals surface area contributed by atoms with Crippen LogP contribution >= 0.6 is 11.8 Å². The van der Waals surface area contributed by atoms with Gasteiger partial charge in [-0.2, -0.15) is 20.1 Å². The first kappa shape index (κ1) is 24.0. The highest BCUT2D eigenvalue weighted by molar-refractivity contribution is 7.99. The van der Waals surface area contributed by atoms with Crippen molar-refractivity contribution in [2.45, 2.75) is 43.2 Å². The first-order valence-corrected chi connectivity index (χ1v) is 12.3. The Morgan fingerprint density at radius 2 is 1.85 bits per heavy atom. The quantitative estimate of drug-likeness (QED) is 0.443. The number of nitrogens with one attached hydrogen (secondary N) is 3. The van der Waals surface area contributed by atoms with Gasteiger partial charge < -0.3 is 20.4 Å². The van der Waals surface area contributed by atoms with Gasteiger partial charge in [-0.25, -0.2) is 0 Å². The molecule has 0 atom stereocenters. The van der Waals surface area contributed by atoms with E-state index in [4.69, 9.17) is 4.98 Å². The number of carbonyl (C=O) groups is 1. The van der Waals surface area contributed by atoms with Crippen LogP contribution in [0.2, 0.25) is 0 Å². The zero-order chi connectivity index (χ0) is 24.1. The molecule has 2 aromatic heterocycles. The maximum atomic E-state index is 11.6. The number of aromatic nitrogens is 5. The van der Waals surface area contributed by atoms with Gasteiger partial charge in [-0.1, -0.05) is 20.8 Å². The third kappa shape index (κ3) is 6.23. The average molecular weight is 482 g/mol. The predicted molar refractivity (Wildman–Crippen MR) is 135 cm³/mol. The molecule has 3 aromatic rings. The Bertz CT molecular complexity index is 1110. The first-order chi connectivity index (χ1) is 16.4. The minimum absolute atomic E-state index is 0.00982. The number of amides is 1. The number of carbonyl (C=O) groups excluding carboxylic acids is 1. The van der Waals surface area contributed by atoms with Crippen molar-refractivity contribution < 1.29 is 4.79 Å². The molecule has 3 heterocycles. The van der Waals surface area contributed by atoms with Crippen molar-refractivity contribution in [3.8, 4) is 0 Å². The monoisotopic (exact) mass is 481 g/mol. The molecule has 10 nitrogen and oxygen atoms in total. The highest BCUT2D eigenvalue weighted by Crippen LogP contribution is 2.29. The molecule has 0 aliphatic carbocycles. The fourth-order valence-corrected chi connectivity index (χ4v) is 4.11. The van der Waals surface area contributed by atoms with Gasteiger partial charge in [-0.3, -0.25) is 9.89 Å². The largest absolute Gasteiger partial charge is 0.338 e. The minimum Gasteiger partial charge on any atom is -0.338 e. The Kier molecular flexibility index (Phi) is 7.63. The molecule has 1 aromatic carbocycles. The Labute approximate surface area is 204 Å². The summed E-state index contributed by atoms with van der Waals surface area (Å²) in [6, 6.07) is 9.64. The second-order valence-corrected chi connectivity index (χ2v) is 9.59. The number of H-pyrrole nitrogens is 1. The van der Waals surface area contributed by atoms with E-state index in [0.717, 1.165) is 42.5 Å². The van der Waals surface area contributed by atoms with E-state index in [0.29, 0.717) is 35.2 Å².